The van der Waals surface area contributed by atoms with Crippen LogP contribution in [-0.4, -0.2) is 36.3 Å². The second kappa shape index (κ2) is 9.65. The van der Waals surface area contributed by atoms with Crippen LogP contribution in [0, 0.1) is 5.41 Å². The van der Waals surface area contributed by atoms with Gasteiger partial charge in [0.1, 0.15) is 0 Å². The first kappa shape index (κ1) is 21.3. The van der Waals surface area contributed by atoms with E-state index < -0.39 is 0 Å². The van der Waals surface area contributed by atoms with Crippen molar-refractivity contribution < 1.29 is 4.74 Å². The van der Waals surface area contributed by atoms with E-state index in [-0.39, 0.29) is 29.4 Å². The molecule has 0 saturated heterocycles. The maximum atomic E-state index is 6.01. The van der Waals surface area contributed by atoms with Crippen LogP contribution in [-0.2, 0) is 18.3 Å². The topological polar surface area (TPSA) is 50.6 Å². The molecule has 6 heteroatoms. The summed E-state index contributed by atoms with van der Waals surface area (Å²) in [5.74, 6) is 0.860. The lowest BCUT2D eigenvalue weighted by Gasteiger charge is -2.52. The summed E-state index contributed by atoms with van der Waals surface area (Å²) in [6.45, 7) is 8.40. The van der Waals surface area contributed by atoms with Gasteiger partial charge in [0.05, 0.1) is 6.10 Å². The van der Waals surface area contributed by atoms with E-state index >= 15 is 0 Å². The summed E-state index contributed by atoms with van der Waals surface area (Å²) in [6, 6.07) is 2.52. The predicted molar refractivity (Wildman–Crippen MR) is 111 cm³/mol. The highest BCUT2D eigenvalue weighted by Crippen LogP contribution is 2.42. The molecular formula is C18H33IN4O. The lowest BCUT2D eigenvalue weighted by atomic mass is 9.64. The standard InChI is InChI=1S/C18H32N4O.HI/c1-6-7-10-23-16-11-15(18(16,2)3)21-17(19-4)20-12-14-8-9-22(5)13-14;/h8-9,13,15-16H,6-7,10-12H2,1-5H3,(H2,19,20,21);1H. The summed E-state index contributed by atoms with van der Waals surface area (Å²) in [7, 11) is 3.85. The van der Waals surface area contributed by atoms with Crippen LogP contribution in [0.15, 0.2) is 23.5 Å². The molecule has 2 N–H and O–H groups in total. The van der Waals surface area contributed by atoms with E-state index in [2.05, 4.69) is 59.4 Å². The van der Waals surface area contributed by atoms with Crippen molar-refractivity contribution in [3.8, 4) is 0 Å². The third-order valence-electron chi connectivity index (χ3n) is 4.88. The van der Waals surface area contributed by atoms with Gasteiger partial charge in [0.2, 0.25) is 0 Å². The molecule has 0 radical (unpaired) electrons. The summed E-state index contributed by atoms with van der Waals surface area (Å²) in [5, 5.41) is 6.93. The van der Waals surface area contributed by atoms with Crippen LogP contribution in [0.1, 0.15) is 45.6 Å². The summed E-state index contributed by atoms with van der Waals surface area (Å²) < 4.78 is 8.06. The van der Waals surface area contributed by atoms with Gasteiger partial charge in [0, 0.05) is 51.1 Å². The Bertz CT molecular complexity index is 527. The molecule has 2 atom stereocenters. The number of nitrogens with zero attached hydrogens (tertiary/aromatic N) is 2. The Labute approximate surface area is 163 Å². The summed E-state index contributed by atoms with van der Waals surface area (Å²) >= 11 is 0. The molecule has 1 aromatic rings. The van der Waals surface area contributed by atoms with Crippen molar-refractivity contribution in [3.63, 3.8) is 0 Å². The fraction of sp³-hybridized carbons (Fsp3) is 0.722. The van der Waals surface area contributed by atoms with Crippen LogP contribution in [0.2, 0.25) is 0 Å². The fourth-order valence-corrected chi connectivity index (χ4v) is 2.99. The molecule has 1 aliphatic carbocycles. The minimum Gasteiger partial charge on any atom is -0.378 e. The van der Waals surface area contributed by atoms with Gasteiger partial charge in [-0.05, 0) is 24.5 Å². The average Bonchev–Trinajstić information content (AvgIpc) is 2.94. The minimum atomic E-state index is 0. The van der Waals surface area contributed by atoms with E-state index in [0.717, 1.165) is 32.0 Å². The quantitative estimate of drug-likeness (QED) is 0.291. The number of guanidine groups is 1. The molecule has 1 aliphatic rings. The zero-order valence-corrected chi connectivity index (χ0v) is 18.0. The number of ether oxygens (including phenoxy) is 1. The average molecular weight is 448 g/mol. The Kier molecular flexibility index (Phi) is 8.56. The van der Waals surface area contributed by atoms with Crippen LogP contribution in [0.25, 0.3) is 0 Å². The first-order chi connectivity index (χ1) is 11.0. The van der Waals surface area contributed by atoms with Gasteiger partial charge in [0.15, 0.2) is 5.96 Å². The molecular weight excluding hydrogens is 415 g/mol. The van der Waals surface area contributed by atoms with Crippen LogP contribution < -0.4 is 10.6 Å². The Morgan fingerprint density at radius 2 is 2.21 bits per heavy atom. The number of aliphatic imine (C=N–C) groups is 1. The van der Waals surface area contributed by atoms with Gasteiger partial charge in [-0.3, -0.25) is 4.99 Å². The van der Waals surface area contributed by atoms with Crippen molar-refractivity contribution in [1.29, 1.82) is 0 Å². The van der Waals surface area contributed by atoms with E-state index in [4.69, 9.17) is 4.74 Å². The second-order valence-corrected chi connectivity index (χ2v) is 7.08. The largest absolute Gasteiger partial charge is 0.378 e. The van der Waals surface area contributed by atoms with Gasteiger partial charge in [-0.15, -0.1) is 24.0 Å². The van der Waals surface area contributed by atoms with Crippen LogP contribution >= 0.6 is 24.0 Å². The van der Waals surface area contributed by atoms with Crippen molar-refractivity contribution in [3.05, 3.63) is 24.0 Å². The maximum Gasteiger partial charge on any atom is 0.191 e. The maximum absolute atomic E-state index is 6.01. The zero-order chi connectivity index (χ0) is 16.9. The zero-order valence-electron chi connectivity index (χ0n) is 15.6. The highest BCUT2D eigenvalue weighted by Gasteiger charge is 2.49. The third kappa shape index (κ3) is 5.37. The first-order valence-electron chi connectivity index (χ1n) is 8.67. The molecule has 5 nitrogen and oxygen atoms in total. The Morgan fingerprint density at radius 1 is 1.46 bits per heavy atom. The molecule has 24 heavy (non-hydrogen) atoms. The van der Waals surface area contributed by atoms with Crippen molar-refractivity contribution in [1.82, 2.24) is 15.2 Å². The van der Waals surface area contributed by atoms with Gasteiger partial charge in [-0.1, -0.05) is 27.2 Å². The third-order valence-corrected chi connectivity index (χ3v) is 4.88. The predicted octanol–water partition coefficient (Wildman–Crippen LogP) is 3.29. The fourth-order valence-electron chi connectivity index (χ4n) is 2.99. The summed E-state index contributed by atoms with van der Waals surface area (Å²) in [5.41, 5.74) is 1.39. The molecule has 1 fully saturated rings. The van der Waals surface area contributed by atoms with Crippen LogP contribution in [0.3, 0.4) is 0 Å². The molecule has 0 aromatic carbocycles. The molecule has 0 aliphatic heterocycles. The number of aromatic nitrogens is 1. The lowest BCUT2D eigenvalue weighted by molar-refractivity contribution is -0.113. The molecule has 2 rings (SSSR count). The van der Waals surface area contributed by atoms with E-state index in [1.807, 2.05) is 14.1 Å². The van der Waals surface area contributed by atoms with Gasteiger partial charge in [-0.25, -0.2) is 0 Å². The van der Waals surface area contributed by atoms with Gasteiger partial charge >= 0.3 is 0 Å². The van der Waals surface area contributed by atoms with Crippen LogP contribution in [0.5, 0.6) is 0 Å². The number of hydrogen-bond acceptors (Lipinski definition) is 2. The first-order valence-corrected chi connectivity index (χ1v) is 8.67. The van der Waals surface area contributed by atoms with Crippen molar-refractivity contribution in [2.24, 2.45) is 17.5 Å². The van der Waals surface area contributed by atoms with E-state index in [9.17, 15) is 0 Å². The van der Waals surface area contributed by atoms with E-state index in [0.29, 0.717) is 12.1 Å². The monoisotopic (exact) mass is 448 g/mol. The minimum absolute atomic E-state index is 0. The summed E-state index contributed by atoms with van der Waals surface area (Å²) in [4.78, 5) is 4.34. The molecule has 1 aromatic heterocycles. The van der Waals surface area contributed by atoms with E-state index in [1.165, 1.54) is 12.0 Å². The number of halogens is 1. The highest BCUT2D eigenvalue weighted by molar-refractivity contribution is 14.0. The van der Waals surface area contributed by atoms with Crippen molar-refractivity contribution >= 4 is 29.9 Å². The number of nitrogens with one attached hydrogen (secondary N) is 2. The molecule has 1 saturated carbocycles. The lowest BCUT2D eigenvalue weighted by Crippen LogP contribution is -2.63. The van der Waals surface area contributed by atoms with Gasteiger partial charge in [0.25, 0.3) is 0 Å². The summed E-state index contributed by atoms with van der Waals surface area (Å²) in [6.07, 6.45) is 7.89. The number of unbranched alkanes of at least 4 members (excludes halogenated alkanes) is 1. The number of rotatable bonds is 7. The number of aryl methyl sites for hydroxylation is 1. The SMILES string of the molecule is CCCCOC1CC(NC(=NC)NCc2ccn(C)c2)C1(C)C.I. The Hall–Kier alpha value is -0.760. The molecule has 0 spiro atoms. The molecule has 1 heterocycles. The number of hydrogen-bond donors (Lipinski definition) is 2. The smallest absolute Gasteiger partial charge is 0.191 e. The van der Waals surface area contributed by atoms with E-state index in [1.54, 1.807) is 0 Å². The Balaban J connectivity index is 0.00000288. The van der Waals surface area contributed by atoms with Gasteiger partial charge < -0.3 is 19.9 Å². The molecule has 138 valence electrons. The van der Waals surface area contributed by atoms with Crippen LogP contribution in [0.4, 0.5) is 0 Å². The molecule has 0 bridgehead atoms. The Morgan fingerprint density at radius 3 is 2.75 bits per heavy atom. The van der Waals surface area contributed by atoms with Crippen molar-refractivity contribution in [2.45, 2.75) is 58.7 Å². The second-order valence-electron chi connectivity index (χ2n) is 7.08. The molecule has 0 amide bonds. The van der Waals surface area contributed by atoms with Gasteiger partial charge in [-0.2, -0.15) is 0 Å². The normalized spacial score (nSPS) is 22.5. The van der Waals surface area contributed by atoms with Crippen molar-refractivity contribution in [2.75, 3.05) is 13.7 Å². The highest BCUT2D eigenvalue weighted by atomic mass is 127. The molecule has 2 unspecified atom stereocenters.